The zero-order valence-corrected chi connectivity index (χ0v) is 19.4. The molecule has 164 valence electrons. The molecular weight excluding hydrogens is 448 g/mol. The number of thiophene rings is 1. The van der Waals surface area contributed by atoms with E-state index in [0.29, 0.717) is 0 Å². The molecule has 2 aromatic heterocycles. The molecule has 0 saturated heterocycles. The van der Waals surface area contributed by atoms with Gasteiger partial charge in [0, 0.05) is 42.2 Å². The Balaban J connectivity index is 1.27. The van der Waals surface area contributed by atoms with E-state index in [1.165, 1.54) is 31.1 Å². The SMILES string of the molecule is c1cc2c3c(cccc3c1)-c1cc(-c3ccc(-c4cccc5sc6ccccc6c45)o3)ccc1O2. The minimum atomic E-state index is 0.852. The van der Waals surface area contributed by atoms with Crippen LogP contribution in [0.3, 0.4) is 0 Å². The van der Waals surface area contributed by atoms with Crippen LogP contribution in [0.1, 0.15) is 0 Å². The maximum absolute atomic E-state index is 6.48. The highest BCUT2D eigenvalue weighted by Gasteiger charge is 2.21. The van der Waals surface area contributed by atoms with Gasteiger partial charge < -0.3 is 9.15 Å². The smallest absolute Gasteiger partial charge is 0.135 e. The molecule has 0 aliphatic carbocycles. The molecule has 3 heteroatoms. The summed E-state index contributed by atoms with van der Waals surface area (Å²) in [5.74, 6) is 3.52. The molecule has 2 nitrogen and oxygen atoms in total. The molecule has 8 rings (SSSR count). The van der Waals surface area contributed by atoms with Crippen LogP contribution in [0.25, 0.3) is 64.7 Å². The molecule has 0 unspecified atom stereocenters. The molecule has 1 aliphatic rings. The highest BCUT2D eigenvalue weighted by molar-refractivity contribution is 7.25. The molecule has 0 saturated carbocycles. The Labute approximate surface area is 205 Å². The maximum atomic E-state index is 6.48. The third-order valence-electron chi connectivity index (χ3n) is 6.91. The molecule has 0 N–H and O–H groups in total. The number of fused-ring (bicyclic) bond motifs is 5. The monoisotopic (exact) mass is 466 g/mol. The highest BCUT2D eigenvalue weighted by atomic mass is 32.1. The van der Waals surface area contributed by atoms with Crippen molar-refractivity contribution in [2.45, 2.75) is 0 Å². The molecule has 0 fully saturated rings. The number of ether oxygens (including phenoxy) is 1. The van der Waals surface area contributed by atoms with Crippen molar-refractivity contribution >= 4 is 42.3 Å². The van der Waals surface area contributed by atoms with E-state index >= 15 is 0 Å². The first-order valence-corrected chi connectivity index (χ1v) is 12.5. The molecule has 0 radical (unpaired) electrons. The Kier molecular flexibility index (Phi) is 3.85. The van der Waals surface area contributed by atoms with Crippen molar-refractivity contribution in [1.29, 1.82) is 0 Å². The van der Waals surface area contributed by atoms with E-state index in [1.54, 1.807) is 0 Å². The van der Waals surface area contributed by atoms with Crippen LogP contribution in [0, 0.1) is 0 Å². The largest absolute Gasteiger partial charge is 0.456 e. The van der Waals surface area contributed by atoms with Crippen molar-refractivity contribution in [3.8, 4) is 45.3 Å². The zero-order chi connectivity index (χ0) is 22.9. The second-order valence-electron chi connectivity index (χ2n) is 8.91. The topological polar surface area (TPSA) is 22.4 Å². The van der Waals surface area contributed by atoms with Gasteiger partial charge in [-0.25, -0.2) is 0 Å². The lowest BCUT2D eigenvalue weighted by Gasteiger charge is -2.21. The predicted octanol–water partition coefficient (Wildman–Crippen LogP) is 9.91. The van der Waals surface area contributed by atoms with E-state index in [1.807, 2.05) is 23.5 Å². The number of furan rings is 1. The van der Waals surface area contributed by atoms with Crippen LogP contribution in [0.2, 0.25) is 0 Å². The van der Waals surface area contributed by atoms with Crippen LogP contribution in [-0.2, 0) is 0 Å². The molecule has 7 aromatic rings. The first-order valence-electron chi connectivity index (χ1n) is 11.7. The number of rotatable bonds is 2. The van der Waals surface area contributed by atoms with Crippen LogP contribution in [0.4, 0.5) is 0 Å². The maximum Gasteiger partial charge on any atom is 0.135 e. The summed E-state index contributed by atoms with van der Waals surface area (Å²) in [4.78, 5) is 0. The van der Waals surface area contributed by atoms with Gasteiger partial charge >= 0.3 is 0 Å². The minimum Gasteiger partial charge on any atom is -0.456 e. The van der Waals surface area contributed by atoms with Crippen molar-refractivity contribution in [2.75, 3.05) is 0 Å². The molecule has 0 amide bonds. The lowest BCUT2D eigenvalue weighted by Crippen LogP contribution is -1.97. The van der Waals surface area contributed by atoms with Crippen LogP contribution in [0.15, 0.2) is 114 Å². The predicted molar refractivity (Wildman–Crippen MR) is 145 cm³/mol. The van der Waals surface area contributed by atoms with Gasteiger partial charge in [-0.15, -0.1) is 11.3 Å². The van der Waals surface area contributed by atoms with E-state index in [0.717, 1.165) is 45.1 Å². The number of hydrogen-bond acceptors (Lipinski definition) is 3. The standard InChI is InChI=1S/C32H18O2S/c1-2-12-29-23(8-1)32-22(10-5-13-30(32)35-29)26-17-16-25(33-26)20-14-15-27-24(18-20)21-9-3-6-19-7-4-11-28(34-27)31(19)21/h1-18H. The summed E-state index contributed by atoms with van der Waals surface area (Å²) >= 11 is 1.83. The second kappa shape index (κ2) is 7.08. The van der Waals surface area contributed by atoms with Gasteiger partial charge in [0.15, 0.2) is 0 Å². The van der Waals surface area contributed by atoms with E-state index in [9.17, 15) is 0 Å². The first kappa shape index (κ1) is 19.0. The van der Waals surface area contributed by atoms with Crippen molar-refractivity contribution in [3.63, 3.8) is 0 Å². The van der Waals surface area contributed by atoms with Crippen molar-refractivity contribution in [3.05, 3.63) is 109 Å². The fraction of sp³-hybridized carbons (Fsp3) is 0. The summed E-state index contributed by atoms with van der Waals surface area (Å²) in [6.07, 6.45) is 0. The van der Waals surface area contributed by atoms with Crippen molar-refractivity contribution in [1.82, 2.24) is 0 Å². The molecule has 5 aromatic carbocycles. The molecule has 0 bridgehead atoms. The Morgan fingerprint density at radius 3 is 2.29 bits per heavy atom. The average molecular weight is 467 g/mol. The van der Waals surface area contributed by atoms with Crippen LogP contribution in [-0.4, -0.2) is 0 Å². The van der Waals surface area contributed by atoms with Gasteiger partial charge in [-0.2, -0.15) is 0 Å². The molecule has 35 heavy (non-hydrogen) atoms. The lowest BCUT2D eigenvalue weighted by molar-refractivity contribution is 0.487. The fourth-order valence-electron chi connectivity index (χ4n) is 5.34. The molecular formula is C32H18O2S. The normalized spacial score (nSPS) is 12.2. The Hall–Kier alpha value is -4.34. The number of hydrogen-bond donors (Lipinski definition) is 0. The zero-order valence-electron chi connectivity index (χ0n) is 18.6. The van der Waals surface area contributed by atoms with Crippen LogP contribution >= 0.6 is 11.3 Å². The van der Waals surface area contributed by atoms with Gasteiger partial charge in [-0.05, 0) is 59.5 Å². The molecule has 0 atom stereocenters. The average Bonchev–Trinajstić information content (AvgIpc) is 3.54. The van der Waals surface area contributed by atoms with Crippen molar-refractivity contribution in [2.24, 2.45) is 0 Å². The van der Waals surface area contributed by atoms with Gasteiger partial charge in [-0.3, -0.25) is 0 Å². The third kappa shape index (κ3) is 2.76. The second-order valence-corrected chi connectivity index (χ2v) is 10.00. The summed E-state index contributed by atoms with van der Waals surface area (Å²) in [7, 11) is 0. The van der Waals surface area contributed by atoms with Gasteiger partial charge in [0.25, 0.3) is 0 Å². The van der Waals surface area contributed by atoms with E-state index in [4.69, 9.17) is 9.15 Å². The highest BCUT2D eigenvalue weighted by Crippen LogP contribution is 2.48. The van der Waals surface area contributed by atoms with E-state index in [2.05, 4.69) is 97.1 Å². The third-order valence-corrected chi connectivity index (χ3v) is 8.05. The Morgan fingerprint density at radius 2 is 1.31 bits per heavy atom. The van der Waals surface area contributed by atoms with Crippen LogP contribution < -0.4 is 4.74 Å². The fourth-order valence-corrected chi connectivity index (χ4v) is 6.47. The van der Waals surface area contributed by atoms with Gasteiger partial charge in [-0.1, -0.05) is 60.7 Å². The van der Waals surface area contributed by atoms with Crippen LogP contribution in [0.5, 0.6) is 11.5 Å². The Morgan fingerprint density at radius 1 is 0.514 bits per heavy atom. The summed E-state index contributed by atoms with van der Waals surface area (Å²) in [6, 6.07) is 38.1. The molecule has 0 spiro atoms. The minimum absolute atomic E-state index is 0.852. The summed E-state index contributed by atoms with van der Waals surface area (Å²) in [5.41, 5.74) is 4.46. The number of benzene rings is 5. The van der Waals surface area contributed by atoms with E-state index in [-0.39, 0.29) is 0 Å². The Bertz CT molecular complexity index is 1930. The summed E-state index contributed by atoms with van der Waals surface area (Å²) < 4.78 is 15.3. The van der Waals surface area contributed by atoms with Gasteiger partial charge in [0.05, 0.1) is 0 Å². The quantitative estimate of drug-likeness (QED) is 0.253. The summed E-state index contributed by atoms with van der Waals surface area (Å²) in [6.45, 7) is 0. The summed E-state index contributed by atoms with van der Waals surface area (Å²) in [5, 5.41) is 4.89. The first-order chi connectivity index (χ1) is 17.3. The lowest BCUT2D eigenvalue weighted by atomic mass is 9.93. The molecule has 3 heterocycles. The van der Waals surface area contributed by atoms with Gasteiger partial charge in [0.1, 0.15) is 23.0 Å². The van der Waals surface area contributed by atoms with Crippen molar-refractivity contribution < 1.29 is 9.15 Å². The molecule has 1 aliphatic heterocycles. The van der Waals surface area contributed by atoms with E-state index < -0.39 is 0 Å². The van der Waals surface area contributed by atoms with Gasteiger partial charge in [0.2, 0.25) is 0 Å².